The van der Waals surface area contributed by atoms with Crippen LogP contribution in [0.3, 0.4) is 0 Å². The molecule has 0 unspecified atom stereocenters. The zero-order valence-corrected chi connectivity index (χ0v) is 15.8. The molecule has 1 N–H and O–H groups in total. The summed E-state index contributed by atoms with van der Waals surface area (Å²) in [5.74, 6) is 1.03. The van der Waals surface area contributed by atoms with E-state index < -0.39 is 0 Å². The van der Waals surface area contributed by atoms with Crippen LogP contribution in [0.1, 0.15) is 17.1 Å². The van der Waals surface area contributed by atoms with Crippen LogP contribution in [0.5, 0.6) is 0 Å². The second kappa shape index (κ2) is 8.14. The molecule has 0 aliphatic carbocycles. The van der Waals surface area contributed by atoms with Gasteiger partial charge in [-0.25, -0.2) is 9.97 Å². The maximum atomic E-state index is 5.50. The van der Waals surface area contributed by atoms with Gasteiger partial charge in [-0.15, -0.1) is 0 Å². The number of pyridine rings is 2. The number of ether oxygens (including phenoxy) is 1. The molecule has 0 radical (unpaired) electrons. The van der Waals surface area contributed by atoms with Gasteiger partial charge in [-0.1, -0.05) is 35.5 Å². The Hall–Kier alpha value is -3.32. The molecule has 4 rings (SSSR count). The maximum Gasteiger partial charge on any atom is 0.261 e. The Bertz CT molecular complexity index is 1080. The summed E-state index contributed by atoms with van der Waals surface area (Å²) in [6, 6.07) is 14.2. The van der Waals surface area contributed by atoms with Gasteiger partial charge in [0.1, 0.15) is 0 Å². The number of aryl methyl sites for hydroxylation is 1. The SMILES string of the molecule is COCCc1noc(-c2cnc3nc(C)ccc3c2NCc2ccccc2)n1. The summed E-state index contributed by atoms with van der Waals surface area (Å²) in [6.45, 7) is 3.15. The van der Waals surface area contributed by atoms with Crippen LogP contribution in [0.2, 0.25) is 0 Å². The highest BCUT2D eigenvalue weighted by Gasteiger charge is 2.17. The van der Waals surface area contributed by atoms with Crippen molar-refractivity contribution in [3.63, 3.8) is 0 Å². The first kappa shape index (κ1) is 18.1. The number of methoxy groups -OCH3 is 1. The van der Waals surface area contributed by atoms with Crippen molar-refractivity contribution < 1.29 is 9.26 Å². The van der Waals surface area contributed by atoms with Crippen molar-refractivity contribution in [3.8, 4) is 11.5 Å². The monoisotopic (exact) mass is 375 g/mol. The van der Waals surface area contributed by atoms with Gasteiger partial charge in [0, 0.05) is 37.4 Å². The van der Waals surface area contributed by atoms with E-state index in [1.54, 1.807) is 13.3 Å². The number of fused-ring (bicyclic) bond motifs is 1. The van der Waals surface area contributed by atoms with Gasteiger partial charge in [0.15, 0.2) is 11.5 Å². The molecule has 0 amide bonds. The highest BCUT2D eigenvalue weighted by molar-refractivity contribution is 5.96. The Morgan fingerprint density at radius 2 is 1.93 bits per heavy atom. The molecule has 1 aromatic carbocycles. The number of nitrogens with one attached hydrogen (secondary N) is 1. The molecular formula is C21H21N5O2. The van der Waals surface area contributed by atoms with E-state index in [0.717, 1.165) is 22.3 Å². The summed E-state index contributed by atoms with van der Waals surface area (Å²) in [7, 11) is 1.65. The number of hydrogen-bond acceptors (Lipinski definition) is 7. The zero-order chi connectivity index (χ0) is 19.3. The van der Waals surface area contributed by atoms with Crippen molar-refractivity contribution in [2.75, 3.05) is 19.0 Å². The van der Waals surface area contributed by atoms with E-state index in [1.807, 2.05) is 37.3 Å². The molecule has 7 heteroatoms. The lowest BCUT2D eigenvalue weighted by atomic mass is 10.1. The van der Waals surface area contributed by atoms with Crippen LogP contribution in [0.25, 0.3) is 22.5 Å². The Balaban J connectivity index is 1.74. The summed E-state index contributed by atoms with van der Waals surface area (Å²) in [4.78, 5) is 13.5. The van der Waals surface area contributed by atoms with Crippen LogP contribution >= 0.6 is 0 Å². The van der Waals surface area contributed by atoms with Crippen molar-refractivity contribution in [2.45, 2.75) is 19.9 Å². The van der Waals surface area contributed by atoms with Crippen LogP contribution in [0.15, 0.2) is 53.2 Å². The molecule has 142 valence electrons. The Labute approximate surface area is 162 Å². The molecule has 0 spiro atoms. The highest BCUT2D eigenvalue weighted by atomic mass is 16.5. The van der Waals surface area contributed by atoms with E-state index in [-0.39, 0.29) is 0 Å². The third kappa shape index (κ3) is 3.84. The predicted molar refractivity (Wildman–Crippen MR) is 107 cm³/mol. The summed E-state index contributed by atoms with van der Waals surface area (Å²) in [5.41, 5.74) is 4.40. The highest BCUT2D eigenvalue weighted by Crippen LogP contribution is 2.32. The van der Waals surface area contributed by atoms with E-state index >= 15 is 0 Å². The molecule has 0 saturated heterocycles. The van der Waals surface area contributed by atoms with E-state index in [2.05, 4.69) is 37.6 Å². The molecule has 0 fully saturated rings. The largest absolute Gasteiger partial charge is 0.384 e. The zero-order valence-electron chi connectivity index (χ0n) is 15.8. The van der Waals surface area contributed by atoms with Crippen LogP contribution in [0, 0.1) is 6.92 Å². The van der Waals surface area contributed by atoms with Crippen LogP contribution < -0.4 is 5.32 Å². The number of rotatable bonds is 7. The third-order valence-electron chi connectivity index (χ3n) is 4.41. The maximum absolute atomic E-state index is 5.50. The summed E-state index contributed by atoms with van der Waals surface area (Å²) >= 11 is 0. The average molecular weight is 375 g/mol. The summed E-state index contributed by atoms with van der Waals surface area (Å²) in [5, 5.41) is 8.47. The van der Waals surface area contributed by atoms with Gasteiger partial charge >= 0.3 is 0 Å². The van der Waals surface area contributed by atoms with Gasteiger partial charge in [0.2, 0.25) is 0 Å². The van der Waals surface area contributed by atoms with Crippen LogP contribution in [-0.4, -0.2) is 33.8 Å². The molecule has 0 aliphatic heterocycles. The van der Waals surface area contributed by atoms with Crippen molar-refractivity contribution in [2.24, 2.45) is 0 Å². The average Bonchev–Trinajstić information content (AvgIpc) is 3.19. The molecule has 7 nitrogen and oxygen atoms in total. The second-order valence-electron chi connectivity index (χ2n) is 6.47. The Morgan fingerprint density at radius 1 is 1.07 bits per heavy atom. The van der Waals surface area contributed by atoms with Gasteiger partial charge in [0.25, 0.3) is 5.89 Å². The van der Waals surface area contributed by atoms with Crippen LogP contribution in [0.4, 0.5) is 5.69 Å². The first-order valence-electron chi connectivity index (χ1n) is 9.10. The molecular weight excluding hydrogens is 354 g/mol. The third-order valence-corrected chi connectivity index (χ3v) is 4.41. The normalized spacial score (nSPS) is 11.1. The van der Waals surface area contributed by atoms with E-state index in [0.29, 0.717) is 36.9 Å². The minimum Gasteiger partial charge on any atom is -0.384 e. The predicted octanol–water partition coefficient (Wildman–Crippen LogP) is 3.79. The van der Waals surface area contributed by atoms with Gasteiger partial charge in [-0.2, -0.15) is 4.98 Å². The number of hydrogen-bond donors (Lipinski definition) is 1. The fourth-order valence-corrected chi connectivity index (χ4v) is 2.97. The minimum absolute atomic E-state index is 0.427. The minimum atomic E-state index is 0.427. The van der Waals surface area contributed by atoms with Crippen molar-refractivity contribution in [1.29, 1.82) is 0 Å². The van der Waals surface area contributed by atoms with Crippen molar-refractivity contribution >= 4 is 16.7 Å². The molecule has 3 heterocycles. The summed E-state index contributed by atoms with van der Waals surface area (Å²) < 4.78 is 10.6. The number of benzene rings is 1. The smallest absolute Gasteiger partial charge is 0.261 e. The molecule has 28 heavy (non-hydrogen) atoms. The van der Waals surface area contributed by atoms with Crippen LogP contribution in [-0.2, 0) is 17.7 Å². The lowest BCUT2D eigenvalue weighted by Crippen LogP contribution is -2.03. The lowest BCUT2D eigenvalue weighted by molar-refractivity contribution is 0.199. The van der Waals surface area contributed by atoms with Gasteiger partial charge in [0.05, 0.1) is 17.9 Å². The molecule has 0 saturated carbocycles. The Kier molecular flexibility index (Phi) is 5.25. The molecule has 0 bridgehead atoms. The lowest BCUT2D eigenvalue weighted by Gasteiger charge is -2.13. The first-order valence-corrected chi connectivity index (χ1v) is 9.10. The molecule has 0 aliphatic rings. The van der Waals surface area contributed by atoms with E-state index in [4.69, 9.17) is 9.26 Å². The fourth-order valence-electron chi connectivity index (χ4n) is 2.97. The number of aromatic nitrogens is 4. The molecule has 3 aromatic heterocycles. The topological polar surface area (TPSA) is 86.0 Å². The number of anilines is 1. The summed E-state index contributed by atoms with van der Waals surface area (Å²) in [6.07, 6.45) is 2.32. The number of nitrogens with zero attached hydrogens (tertiary/aromatic N) is 4. The van der Waals surface area contributed by atoms with Gasteiger partial charge < -0.3 is 14.6 Å². The fraction of sp³-hybridized carbons (Fsp3) is 0.238. The van der Waals surface area contributed by atoms with Gasteiger partial charge in [-0.05, 0) is 24.6 Å². The van der Waals surface area contributed by atoms with E-state index in [9.17, 15) is 0 Å². The molecule has 4 aromatic rings. The standard InChI is InChI=1S/C21H21N5O2/c1-14-8-9-16-19(22-12-15-6-4-3-5-7-15)17(13-23-20(16)24-14)21-25-18(26-28-21)10-11-27-2/h3-9,13H,10-12H2,1-2H3,(H,22,23,24). The Morgan fingerprint density at radius 3 is 2.75 bits per heavy atom. The molecule has 0 atom stereocenters. The quantitative estimate of drug-likeness (QED) is 0.526. The van der Waals surface area contributed by atoms with Crippen molar-refractivity contribution in [1.82, 2.24) is 20.1 Å². The first-order chi connectivity index (χ1) is 13.7. The van der Waals surface area contributed by atoms with E-state index in [1.165, 1.54) is 5.56 Å². The second-order valence-corrected chi connectivity index (χ2v) is 6.47. The van der Waals surface area contributed by atoms with Gasteiger partial charge in [-0.3, -0.25) is 0 Å². The van der Waals surface area contributed by atoms with Crippen molar-refractivity contribution in [3.05, 3.63) is 65.7 Å².